The summed E-state index contributed by atoms with van der Waals surface area (Å²) in [5.41, 5.74) is 1.81. The molecule has 0 bridgehead atoms. The molecule has 2 aromatic carbocycles. The van der Waals surface area contributed by atoms with Gasteiger partial charge in [-0.05, 0) is 79.5 Å². The summed E-state index contributed by atoms with van der Waals surface area (Å²) in [5.74, 6) is -0.194. The van der Waals surface area contributed by atoms with Crippen LogP contribution in [0.1, 0.15) is 42.3 Å². The van der Waals surface area contributed by atoms with E-state index in [0.29, 0.717) is 26.3 Å². The molecule has 0 radical (unpaired) electrons. The fourth-order valence-electron chi connectivity index (χ4n) is 2.15. The first-order chi connectivity index (χ1) is 11.6. The molecule has 0 saturated heterocycles. The zero-order valence-corrected chi connectivity index (χ0v) is 16.8. The lowest BCUT2D eigenvalue weighted by molar-refractivity contribution is 0.0636. The molecule has 0 spiro atoms. The molecule has 0 unspecified atom stereocenters. The molecule has 25 heavy (non-hydrogen) atoms. The molecule has 0 heterocycles. The Morgan fingerprint density at radius 2 is 1.72 bits per heavy atom. The lowest BCUT2D eigenvalue weighted by Crippen LogP contribution is -2.27. The van der Waals surface area contributed by atoms with E-state index in [9.17, 15) is 9.59 Å². The molecule has 0 atom stereocenters. The Morgan fingerprint density at radius 3 is 2.28 bits per heavy atom. The first-order valence-electron chi connectivity index (χ1n) is 7.67. The van der Waals surface area contributed by atoms with Gasteiger partial charge in [0.1, 0.15) is 5.60 Å². The largest absolute Gasteiger partial charge is 0.444 e. The standard InChI is InChI=1S/C19H19BrClNO3/c1-11-5-7-14(16(21)9-11)17(23)13-8-6-12(10-15(13)20)22-18(24)25-19(2,3)4/h5-10H,1-4H3,(H,22,24). The summed E-state index contributed by atoms with van der Waals surface area (Å²) < 4.78 is 5.76. The van der Waals surface area contributed by atoms with Gasteiger partial charge < -0.3 is 4.74 Å². The molecule has 2 rings (SSSR count). The van der Waals surface area contributed by atoms with Crippen molar-refractivity contribution in [3.05, 3.63) is 62.6 Å². The van der Waals surface area contributed by atoms with Crippen LogP contribution >= 0.6 is 27.5 Å². The number of carbonyl (C=O) groups is 2. The van der Waals surface area contributed by atoms with Crippen LogP contribution in [0.3, 0.4) is 0 Å². The summed E-state index contributed by atoms with van der Waals surface area (Å²) in [4.78, 5) is 24.5. The number of anilines is 1. The van der Waals surface area contributed by atoms with E-state index >= 15 is 0 Å². The molecule has 0 aliphatic heterocycles. The van der Waals surface area contributed by atoms with Crippen molar-refractivity contribution >= 4 is 45.1 Å². The maximum atomic E-state index is 12.7. The van der Waals surface area contributed by atoms with E-state index in [1.807, 2.05) is 13.0 Å². The van der Waals surface area contributed by atoms with Gasteiger partial charge in [0.05, 0.1) is 5.02 Å². The minimum Gasteiger partial charge on any atom is -0.444 e. The van der Waals surface area contributed by atoms with E-state index in [1.54, 1.807) is 51.1 Å². The second kappa shape index (κ2) is 7.58. The summed E-state index contributed by atoms with van der Waals surface area (Å²) in [6.07, 6.45) is -0.556. The number of carbonyl (C=O) groups excluding carboxylic acids is 2. The van der Waals surface area contributed by atoms with Gasteiger partial charge in [-0.2, -0.15) is 0 Å². The van der Waals surface area contributed by atoms with Crippen LogP contribution in [0.5, 0.6) is 0 Å². The molecule has 0 aliphatic rings. The number of ketones is 1. The van der Waals surface area contributed by atoms with Gasteiger partial charge in [-0.1, -0.05) is 17.7 Å². The van der Waals surface area contributed by atoms with Gasteiger partial charge in [-0.25, -0.2) is 4.79 Å². The van der Waals surface area contributed by atoms with E-state index in [2.05, 4.69) is 21.2 Å². The number of benzene rings is 2. The predicted octanol–water partition coefficient (Wildman–Crippen LogP) is 5.99. The van der Waals surface area contributed by atoms with Gasteiger partial charge in [0.15, 0.2) is 5.78 Å². The normalized spacial score (nSPS) is 11.1. The van der Waals surface area contributed by atoms with Gasteiger partial charge in [0.2, 0.25) is 0 Å². The summed E-state index contributed by atoms with van der Waals surface area (Å²) in [6, 6.07) is 10.2. The fraction of sp³-hybridized carbons (Fsp3) is 0.263. The summed E-state index contributed by atoms with van der Waals surface area (Å²) in [5, 5.41) is 3.05. The minimum atomic E-state index is -0.584. The molecule has 0 saturated carbocycles. The Bertz CT molecular complexity index is 828. The van der Waals surface area contributed by atoms with Gasteiger partial charge in [0.25, 0.3) is 0 Å². The average molecular weight is 425 g/mol. The summed E-state index contributed by atoms with van der Waals surface area (Å²) in [7, 11) is 0. The predicted molar refractivity (Wildman–Crippen MR) is 104 cm³/mol. The van der Waals surface area contributed by atoms with E-state index < -0.39 is 11.7 Å². The summed E-state index contributed by atoms with van der Waals surface area (Å²) >= 11 is 9.56. The lowest BCUT2D eigenvalue weighted by atomic mass is 10.0. The Balaban J connectivity index is 2.21. The molecule has 2 aromatic rings. The van der Waals surface area contributed by atoms with Crippen LogP contribution < -0.4 is 5.32 Å². The van der Waals surface area contributed by atoms with Gasteiger partial charge in [-0.3, -0.25) is 10.1 Å². The molecule has 0 aliphatic carbocycles. The highest BCUT2D eigenvalue weighted by Crippen LogP contribution is 2.27. The van der Waals surface area contributed by atoms with Crippen molar-refractivity contribution in [2.24, 2.45) is 0 Å². The van der Waals surface area contributed by atoms with E-state index in [0.717, 1.165) is 5.56 Å². The molecule has 0 fully saturated rings. The molecular formula is C19H19BrClNO3. The first kappa shape index (κ1) is 19.5. The van der Waals surface area contributed by atoms with Crippen molar-refractivity contribution in [1.29, 1.82) is 0 Å². The lowest BCUT2D eigenvalue weighted by Gasteiger charge is -2.19. The van der Waals surface area contributed by atoms with Crippen LogP contribution in [0, 0.1) is 6.92 Å². The number of nitrogens with one attached hydrogen (secondary N) is 1. The zero-order chi connectivity index (χ0) is 18.8. The van der Waals surface area contributed by atoms with Crippen molar-refractivity contribution in [2.75, 3.05) is 5.32 Å². The third-order valence-electron chi connectivity index (χ3n) is 3.23. The minimum absolute atomic E-state index is 0.194. The zero-order valence-electron chi connectivity index (χ0n) is 14.4. The molecule has 1 amide bonds. The fourth-order valence-corrected chi connectivity index (χ4v) is 3.03. The maximum absolute atomic E-state index is 12.7. The van der Waals surface area contributed by atoms with Crippen molar-refractivity contribution in [3.63, 3.8) is 0 Å². The second-order valence-electron chi connectivity index (χ2n) is 6.63. The van der Waals surface area contributed by atoms with Gasteiger partial charge in [0, 0.05) is 21.3 Å². The highest BCUT2D eigenvalue weighted by Gasteiger charge is 2.18. The van der Waals surface area contributed by atoms with Gasteiger partial charge in [-0.15, -0.1) is 0 Å². The number of ether oxygens (including phenoxy) is 1. The number of hydrogen-bond donors (Lipinski definition) is 1. The topological polar surface area (TPSA) is 55.4 Å². The first-order valence-corrected chi connectivity index (χ1v) is 8.84. The van der Waals surface area contributed by atoms with E-state index in [-0.39, 0.29) is 5.78 Å². The van der Waals surface area contributed by atoms with Crippen LogP contribution in [0.15, 0.2) is 40.9 Å². The summed E-state index contributed by atoms with van der Waals surface area (Å²) in [6.45, 7) is 7.27. The molecular weight excluding hydrogens is 406 g/mol. The molecule has 1 N–H and O–H groups in total. The molecule has 6 heteroatoms. The third-order valence-corrected chi connectivity index (χ3v) is 4.20. The number of aryl methyl sites for hydroxylation is 1. The highest BCUT2D eigenvalue weighted by atomic mass is 79.9. The van der Waals surface area contributed by atoms with Crippen molar-refractivity contribution in [2.45, 2.75) is 33.3 Å². The SMILES string of the molecule is Cc1ccc(C(=O)c2ccc(NC(=O)OC(C)(C)C)cc2Br)c(Cl)c1. The van der Waals surface area contributed by atoms with E-state index in [1.165, 1.54) is 0 Å². The number of hydrogen-bond acceptors (Lipinski definition) is 3. The van der Waals surface area contributed by atoms with Crippen LogP contribution in [0.25, 0.3) is 0 Å². The molecule has 4 nitrogen and oxygen atoms in total. The number of rotatable bonds is 3. The van der Waals surface area contributed by atoms with E-state index in [4.69, 9.17) is 16.3 Å². The second-order valence-corrected chi connectivity index (χ2v) is 7.90. The van der Waals surface area contributed by atoms with Crippen LogP contribution in [-0.2, 0) is 4.74 Å². The Hall–Kier alpha value is -1.85. The van der Waals surface area contributed by atoms with Crippen LogP contribution in [0.4, 0.5) is 10.5 Å². The van der Waals surface area contributed by atoms with Gasteiger partial charge >= 0.3 is 6.09 Å². The van der Waals surface area contributed by atoms with Crippen molar-refractivity contribution in [3.8, 4) is 0 Å². The Kier molecular flexibility index (Phi) is 5.91. The molecule has 132 valence electrons. The molecule has 0 aromatic heterocycles. The maximum Gasteiger partial charge on any atom is 0.412 e. The quantitative estimate of drug-likeness (QED) is 0.616. The monoisotopic (exact) mass is 423 g/mol. The van der Waals surface area contributed by atoms with Crippen molar-refractivity contribution in [1.82, 2.24) is 0 Å². The Labute approximate surface area is 160 Å². The third kappa shape index (κ3) is 5.31. The number of amides is 1. The number of halogens is 2. The van der Waals surface area contributed by atoms with Crippen molar-refractivity contribution < 1.29 is 14.3 Å². The Morgan fingerprint density at radius 1 is 1.08 bits per heavy atom. The smallest absolute Gasteiger partial charge is 0.412 e. The van der Waals surface area contributed by atoms with Crippen LogP contribution in [-0.4, -0.2) is 17.5 Å². The van der Waals surface area contributed by atoms with Crippen LogP contribution in [0.2, 0.25) is 5.02 Å². The highest BCUT2D eigenvalue weighted by molar-refractivity contribution is 9.10. The average Bonchev–Trinajstić information content (AvgIpc) is 2.44.